The van der Waals surface area contributed by atoms with E-state index in [4.69, 9.17) is 9.47 Å². The Labute approximate surface area is 180 Å². The number of rotatable bonds is 8. The van der Waals surface area contributed by atoms with Crippen molar-refractivity contribution >= 4 is 22.7 Å². The van der Waals surface area contributed by atoms with Gasteiger partial charge in [-0.1, -0.05) is 67.6 Å². The van der Waals surface area contributed by atoms with E-state index in [1.807, 2.05) is 48.5 Å². The van der Waals surface area contributed by atoms with Gasteiger partial charge in [0.1, 0.15) is 17.9 Å². The van der Waals surface area contributed by atoms with E-state index in [0.717, 1.165) is 28.5 Å². The summed E-state index contributed by atoms with van der Waals surface area (Å²) in [5.41, 5.74) is 3.88. The van der Waals surface area contributed by atoms with Crippen LogP contribution in [0.2, 0.25) is 0 Å². The van der Waals surface area contributed by atoms with Gasteiger partial charge in [-0.05, 0) is 29.7 Å². The van der Waals surface area contributed by atoms with Crippen LogP contribution in [0.5, 0.6) is 5.75 Å². The van der Waals surface area contributed by atoms with Crippen molar-refractivity contribution in [3.8, 4) is 5.75 Å². The lowest BCUT2D eigenvalue weighted by Crippen LogP contribution is -2.15. The normalized spacial score (nSPS) is 10.7. The van der Waals surface area contributed by atoms with E-state index in [9.17, 15) is 9.59 Å². The predicted molar refractivity (Wildman–Crippen MR) is 120 cm³/mol. The summed E-state index contributed by atoms with van der Waals surface area (Å²) in [5.74, 6) is -0.426. The highest BCUT2D eigenvalue weighted by Gasteiger charge is 2.18. The highest BCUT2D eigenvalue weighted by atomic mass is 16.5. The summed E-state index contributed by atoms with van der Waals surface area (Å²) < 4.78 is 11.1. The van der Waals surface area contributed by atoms with Crippen LogP contribution in [0.1, 0.15) is 38.8 Å². The number of H-pyrrole nitrogens is 1. The van der Waals surface area contributed by atoms with Gasteiger partial charge in [-0.25, -0.2) is 4.79 Å². The second kappa shape index (κ2) is 9.30. The molecule has 0 aliphatic rings. The standard InChI is InChI=1S/C26H23NO4/c1-2-19-11-8-13-20-22(15-27-25(19)20)23(28)17-31-26(29)21-12-6-7-14-24(21)30-16-18-9-4-3-5-10-18/h3-15,27H,2,16-17H2,1H3. The first-order valence-electron chi connectivity index (χ1n) is 10.2. The van der Waals surface area contributed by atoms with Crippen LogP contribution in [-0.2, 0) is 17.8 Å². The van der Waals surface area contributed by atoms with Crippen LogP contribution in [0.3, 0.4) is 0 Å². The van der Waals surface area contributed by atoms with Crippen molar-refractivity contribution in [2.24, 2.45) is 0 Å². The molecule has 4 aromatic rings. The highest BCUT2D eigenvalue weighted by molar-refractivity contribution is 6.09. The number of carbonyl (C=O) groups is 2. The molecule has 0 spiro atoms. The molecule has 31 heavy (non-hydrogen) atoms. The zero-order valence-electron chi connectivity index (χ0n) is 17.3. The number of fused-ring (bicyclic) bond motifs is 1. The Hall–Kier alpha value is -3.86. The number of aryl methyl sites for hydroxylation is 1. The minimum atomic E-state index is -0.592. The largest absolute Gasteiger partial charge is 0.488 e. The molecule has 0 atom stereocenters. The quantitative estimate of drug-likeness (QED) is 0.312. The van der Waals surface area contributed by atoms with Gasteiger partial charge in [-0.2, -0.15) is 0 Å². The van der Waals surface area contributed by atoms with Gasteiger partial charge in [0, 0.05) is 22.7 Å². The Bertz CT molecular complexity index is 1210. The van der Waals surface area contributed by atoms with Gasteiger partial charge in [0.05, 0.1) is 0 Å². The first kappa shape index (κ1) is 20.4. The lowest BCUT2D eigenvalue weighted by molar-refractivity contribution is 0.0470. The van der Waals surface area contributed by atoms with Crippen LogP contribution in [0.15, 0.2) is 79.0 Å². The van der Waals surface area contributed by atoms with Gasteiger partial charge in [0.15, 0.2) is 6.61 Å². The van der Waals surface area contributed by atoms with Crippen molar-refractivity contribution in [1.82, 2.24) is 4.98 Å². The first-order valence-corrected chi connectivity index (χ1v) is 10.2. The number of benzene rings is 3. The second-order valence-corrected chi connectivity index (χ2v) is 7.17. The highest BCUT2D eigenvalue weighted by Crippen LogP contribution is 2.24. The summed E-state index contributed by atoms with van der Waals surface area (Å²) in [6, 6.07) is 22.4. The van der Waals surface area contributed by atoms with Crippen LogP contribution in [-0.4, -0.2) is 23.3 Å². The molecule has 156 valence electrons. The molecule has 5 heteroatoms. The number of Topliss-reactive ketones (excluding diaryl/α,β-unsaturated/α-hetero) is 1. The molecule has 0 radical (unpaired) electrons. The van der Waals surface area contributed by atoms with E-state index in [2.05, 4.69) is 11.9 Å². The molecular formula is C26H23NO4. The van der Waals surface area contributed by atoms with Gasteiger partial charge < -0.3 is 14.5 Å². The number of para-hydroxylation sites is 2. The van der Waals surface area contributed by atoms with Gasteiger partial charge in [-0.15, -0.1) is 0 Å². The summed E-state index contributed by atoms with van der Waals surface area (Å²) >= 11 is 0. The van der Waals surface area contributed by atoms with E-state index < -0.39 is 5.97 Å². The summed E-state index contributed by atoms with van der Waals surface area (Å²) in [6.07, 6.45) is 2.54. The Morgan fingerprint density at radius 1 is 0.871 bits per heavy atom. The van der Waals surface area contributed by atoms with Crippen LogP contribution < -0.4 is 4.74 Å². The van der Waals surface area contributed by atoms with Crippen LogP contribution in [0, 0.1) is 0 Å². The SMILES string of the molecule is CCc1cccc2c(C(=O)COC(=O)c3ccccc3OCc3ccccc3)c[nH]c12. The number of hydrogen-bond acceptors (Lipinski definition) is 4. The molecule has 0 aliphatic heterocycles. The maximum Gasteiger partial charge on any atom is 0.342 e. The number of nitrogens with one attached hydrogen (secondary N) is 1. The molecule has 0 aliphatic carbocycles. The number of ether oxygens (including phenoxy) is 2. The minimum absolute atomic E-state index is 0.254. The summed E-state index contributed by atoms with van der Waals surface area (Å²) in [7, 11) is 0. The summed E-state index contributed by atoms with van der Waals surface area (Å²) in [4.78, 5) is 28.5. The Morgan fingerprint density at radius 2 is 1.65 bits per heavy atom. The Morgan fingerprint density at radius 3 is 2.45 bits per heavy atom. The first-order chi connectivity index (χ1) is 15.2. The van der Waals surface area contributed by atoms with Crippen LogP contribution >= 0.6 is 0 Å². The molecule has 0 bridgehead atoms. The fourth-order valence-corrected chi connectivity index (χ4v) is 3.53. The lowest BCUT2D eigenvalue weighted by Gasteiger charge is -2.11. The average Bonchev–Trinajstić information content (AvgIpc) is 3.26. The predicted octanol–water partition coefficient (Wildman–Crippen LogP) is 5.35. The fraction of sp³-hybridized carbons (Fsp3) is 0.154. The van der Waals surface area contributed by atoms with E-state index in [0.29, 0.717) is 23.5 Å². The third-order valence-corrected chi connectivity index (χ3v) is 5.16. The molecule has 0 fully saturated rings. The number of ketones is 1. The number of hydrogen-bond donors (Lipinski definition) is 1. The molecule has 0 amide bonds. The van der Waals surface area contributed by atoms with Gasteiger partial charge >= 0.3 is 5.97 Å². The topological polar surface area (TPSA) is 68.4 Å². The molecule has 5 nitrogen and oxygen atoms in total. The molecule has 0 saturated heterocycles. The van der Waals surface area contributed by atoms with Gasteiger partial charge in [0.25, 0.3) is 0 Å². The molecule has 1 aromatic heterocycles. The maximum absolute atomic E-state index is 12.7. The minimum Gasteiger partial charge on any atom is -0.488 e. The fourth-order valence-electron chi connectivity index (χ4n) is 3.53. The molecule has 0 unspecified atom stereocenters. The Balaban J connectivity index is 1.44. The Kier molecular flexibility index (Phi) is 6.13. The monoisotopic (exact) mass is 413 g/mol. The molecule has 1 heterocycles. The van der Waals surface area contributed by atoms with Crippen molar-refractivity contribution in [2.75, 3.05) is 6.61 Å². The van der Waals surface area contributed by atoms with E-state index >= 15 is 0 Å². The average molecular weight is 413 g/mol. The number of aromatic nitrogens is 1. The number of aromatic amines is 1. The third-order valence-electron chi connectivity index (χ3n) is 5.16. The molecule has 4 rings (SSSR count). The van der Waals surface area contributed by atoms with Crippen molar-refractivity contribution in [1.29, 1.82) is 0 Å². The number of carbonyl (C=O) groups excluding carboxylic acids is 2. The molecule has 1 N–H and O–H groups in total. The van der Waals surface area contributed by atoms with Crippen molar-refractivity contribution in [3.63, 3.8) is 0 Å². The zero-order valence-corrected chi connectivity index (χ0v) is 17.3. The second-order valence-electron chi connectivity index (χ2n) is 7.17. The van der Waals surface area contributed by atoms with Crippen LogP contribution in [0.25, 0.3) is 10.9 Å². The van der Waals surface area contributed by atoms with Crippen molar-refractivity contribution in [2.45, 2.75) is 20.0 Å². The van der Waals surface area contributed by atoms with Gasteiger partial charge in [-0.3, -0.25) is 4.79 Å². The zero-order chi connectivity index (χ0) is 21.6. The maximum atomic E-state index is 12.7. The smallest absolute Gasteiger partial charge is 0.342 e. The van der Waals surface area contributed by atoms with Crippen LogP contribution in [0.4, 0.5) is 0 Å². The molecule has 3 aromatic carbocycles. The van der Waals surface area contributed by atoms with E-state index in [-0.39, 0.29) is 12.4 Å². The van der Waals surface area contributed by atoms with E-state index in [1.54, 1.807) is 30.5 Å². The third kappa shape index (κ3) is 4.51. The van der Waals surface area contributed by atoms with Crippen molar-refractivity contribution in [3.05, 3.63) is 101 Å². The number of esters is 1. The summed E-state index contributed by atoms with van der Waals surface area (Å²) in [5, 5.41) is 0.840. The molecular weight excluding hydrogens is 390 g/mol. The molecule has 0 saturated carbocycles. The lowest BCUT2D eigenvalue weighted by atomic mass is 10.1. The van der Waals surface area contributed by atoms with Gasteiger partial charge in [0.2, 0.25) is 5.78 Å². The summed E-state index contributed by atoms with van der Waals surface area (Å²) in [6.45, 7) is 2.06. The van der Waals surface area contributed by atoms with Crippen molar-refractivity contribution < 1.29 is 19.1 Å². The van der Waals surface area contributed by atoms with E-state index in [1.165, 1.54) is 0 Å².